The van der Waals surface area contributed by atoms with Gasteiger partial charge in [0, 0.05) is 4.47 Å². The average molecular weight is 480 g/mol. The SMILES string of the molecule is CC(C)c1ccc(OCc2nnc(SCC(=O)Nc3ccc(Br)cc3F)o2)cc1. The van der Waals surface area contributed by atoms with E-state index in [1.807, 2.05) is 24.3 Å². The molecule has 9 heteroatoms. The molecule has 1 amide bonds. The Morgan fingerprint density at radius 2 is 2.00 bits per heavy atom. The number of halogens is 2. The largest absolute Gasteiger partial charge is 0.484 e. The van der Waals surface area contributed by atoms with Gasteiger partial charge in [0.1, 0.15) is 11.6 Å². The van der Waals surface area contributed by atoms with Crippen molar-refractivity contribution in [1.82, 2.24) is 10.2 Å². The highest BCUT2D eigenvalue weighted by atomic mass is 79.9. The van der Waals surface area contributed by atoms with Gasteiger partial charge in [-0.25, -0.2) is 4.39 Å². The van der Waals surface area contributed by atoms with Gasteiger partial charge < -0.3 is 14.5 Å². The van der Waals surface area contributed by atoms with Crippen molar-refractivity contribution in [3.8, 4) is 5.75 Å². The number of thioether (sulfide) groups is 1. The minimum Gasteiger partial charge on any atom is -0.484 e. The van der Waals surface area contributed by atoms with E-state index in [0.29, 0.717) is 22.0 Å². The molecule has 0 spiro atoms. The summed E-state index contributed by atoms with van der Waals surface area (Å²) in [6.07, 6.45) is 0. The number of benzene rings is 2. The van der Waals surface area contributed by atoms with E-state index in [2.05, 4.69) is 45.3 Å². The van der Waals surface area contributed by atoms with E-state index in [1.54, 1.807) is 6.07 Å². The molecule has 1 aromatic heterocycles. The average Bonchev–Trinajstić information content (AvgIpc) is 3.15. The minimum absolute atomic E-state index is 0.00859. The van der Waals surface area contributed by atoms with Gasteiger partial charge in [-0.05, 0) is 41.8 Å². The predicted molar refractivity (Wildman–Crippen MR) is 113 cm³/mol. The van der Waals surface area contributed by atoms with Crippen LogP contribution in [-0.2, 0) is 11.4 Å². The van der Waals surface area contributed by atoms with Crippen LogP contribution >= 0.6 is 27.7 Å². The Labute approximate surface area is 180 Å². The second-order valence-electron chi connectivity index (χ2n) is 6.44. The van der Waals surface area contributed by atoms with Crippen LogP contribution in [-0.4, -0.2) is 21.9 Å². The van der Waals surface area contributed by atoms with Gasteiger partial charge in [0.2, 0.25) is 5.91 Å². The lowest BCUT2D eigenvalue weighted by Crippen LogP contribution is -2.15. The molecular formula is C20H19BrFN3O3S. The maximum Gasteiger partial charge on any atom is 0.277 e. The van der Waals surface area contributed by atoms with Crippen LogP contribution < -0.4 is 10.1 Å². The first kappa shape index (κ1) is 21.3. The van der Waals surface area contributed by atoms with E-state index < -0.39 is 5.82 Å². The smallest absolute Gasteiger partial charge is 0.277 e. The van der Waals surface area contributed by atoms with Gasteiger partial charge in [0.15, 0.2) is 6.61 Å². The summed E-state index contributed by atoms with van der Waals surface area (Å²) >= 11 is 4.23. The van der Waals surface area contributed by atoms with Crippen LogP contribution in [0.15, 0.2) is 56.6 Å². The Bertz CT molecular complexity index is 979. The fraction of sp³-hybridized carbons (Fsp3) is 0.250. The molecule has 2 aromatic carbocycles. The molecule has 152 valence electrons. The quantitative estimate of drug-likeness (QED) is 0.435. The van der Waals surface area contributed by atoms with Gasteiger partial charge >= 0.3 is 0 Å². The molecule has 0 aliphatic carbocycles. The zero-order valence-electron chi connectivity index (χ0n) is 15.8. The minimum atomic E-state index is -0.517. The van der Waals surface area contributed by atoms with Crippen LogP contribution in [0.4, 0.5) is 10.1 Å². The molecule has 0 aliphatic rings. The Hall–Kier alpha value is -2.39. The standard InChI is InChI=1S/C20H19BrFN3O3S/c1-12(2)13-3-6-15(7-4-13)27-10-19-24-25-20(28-19)29-11-18(26)23-17-8-5-14(21)9-16(17)22/h3-9,12H,10-11H2,1-2H3,(H,23,26). The first-order valence-electron chi connectivity index (χ1n) is 8.83. The summed E-state index contributed by atoms with van der Waals surface area (Å²) < 4.78 is 25.5. The first-order chi connectivity index (χ1) is 13.9. The van der Waals surface area contributed by atoms with Crippen molar-refractivity contribution >= 4 is 39.3 Å². The molecule has 3 aromatic rings. The highest BCUT2D eigenvalue weighted by Crippen LogP contribution is 2.22. The fourth-order valence-corrected chi connectivity index (χ4v) is 3.27. The molecule has 1 N–H and O–H groups in total. The molecule has 29 heavy (non-hydrogen) atoms. The number of rotatable bonds is 8. The molecule has 3 rings (SSSR count). The molecule has 0 aliphatic heterocycles. The summed E-state index contributed by atoms with van der Waals surface area (Å²) in [7, 11) is 0. The third-order valence-electron chi connectivity index (χ3n) is 3.89. The molecule has 0 saturated heterocycles. The summed E-state index contributed by atoms with van der Waals surface area (Å²) in [6.45, 7) is 4.39. The summed E-state index contributed by atoms with van der Waals surface area (Å²) in [6, 6.07) is 12.2. The molecule has 0 fully saturated rings. The van der Waals surface area contributed by atoms with Gasteiger partial charge in [-0.15, -0.1) is 10.2 Å². The normalized spacial score (nSPS) is 10.9. The number of aromatic nitrogens is 2. The lowest BCUT2D eigenvalue weighted by atomic mass is 10.0. The number of carbonyl (C=O) groups excluding carboxylic acids is 1. The topological polar surface area (TPSA) is 77.2 Å². The van der Waals surface area contributed by atoms with Crippen LogP contribution in [0.25, 0.3) is 0 Å². The monoisotopic (exact) mass is 479 g/mol. The van der Waals surface area contributed by atoms with Crippen molar-refractivity contribution in [2.45, 2.75) is 31.6 Å². The molecule has 1 heterocycles. The van der Waals surface area contributed by atoms with Crippen LogP contribution in [0.3, 0.4) is 0 Å². The maximum atomic E-state index is 13.8. The predicted octanol–water partition coefficient (Wildman–Crippen LogP) is 5.40. The molecule has 0 atom stereocenters. The third kappa shape index (κ3) is 6.30. The second kappa shape index (κ2) is 9.89. The number of carbonyl (C=O) groups is 1. The number of nitrogens with zero attached hydrogens (tertiary/aromatic N) is 2. The zero-order valence-corrected chi connectivity index (χ0v) is 18.2. The fourth-order valence-electron chi connectivity index (χ4n) is 2.35. The number of anilines is 1. The number of amides is 1. The Morgan fingerprint density at radius 3 is 2.69 bits per heavy atom. The molecular weight excluding hydrogens is 461 g/mol. The number of hydrogen-bond acceptors (Lipinski definition) is 6. The molecule has 0 radical (unpaired) electrons. The summed E-state index contributed by atoms with van der Waals surface area (Å²) in [5.41, 5.74) is 1.34. The number of nitrogens with one attached hydrogen (secondary N) is 1. The molecule has 0 bridgehead atoms. The molecule has 0 unspecified atom stereocenters. The van der Waals surface area contributed by atoms with Crippen molar-refractivity contribution in [2.75, 3.05) is 11.1 Å². The van der Waals surface area contributed by atoms with Crippen molar-refractivity contribution in [3.05, 3.63) is 64.2 Å². The van der Waals surface area contributed by atoms with Crippen LogP contribution in [0.2, 0.25) is 0 Å². The van der Waals surface area contributed by atoms with Gasteiger partial charge in [-0.3, -0.25) is 4.79 Å². The molecule has 0 saturated carbocycles. The third-order valence-corrected chi connectivity index (χ3v) is 5.20. The Kier molecular flexibility index (Phi) is 7.27. The van der Waals surface area contributed by atoms with Gasteiger partial charge in [-0.2, -0.15) is 0 Å². The zero-order chi connectivity index (χ0) is 20.8. The van der Waals surface area contributed by atoms with E-state index in [-0.39, 0.29) is 29.2 Å². The first-order valence-corrected chi connectivity index (χ1v) is 10.6. The number of ether oxygens (including phenoxy) is 1. The van der Waals surface area contributed by atoms with Gasteiger partial charge in [0.05, 0.1) is 11.4 Å². The number of hydrogen-bond donors (Lipinski definition) is 1. The van der Waals surface area contributed by atoms with Gasteiger partial charge in [0.25, 0.3) is 11.1 Å². The van der Waals surface area contributed by atoms with E-state index in [1.165, 1.54) is 17.7 Å². The van der Waals surface area contributed by atoms with E-state index in [4.69, 9.17) is 9.15 Å². The van der Waals surface area contributed by atoms with Crippen molar-refractivity contribution in [2.24, 2.45) is 0 Å². The van der Waals surface area contributed by atoms with Crippen molar-refractivity contribution in [3.63, 3.8) is 0 Å². The highest BCUT2D eigenvalue weighted by molar-refractivity contribution is 9.10. The Morgan fingerprint density at radius 1 is 1.24 bits per heavy atom. The Balaban J connectivity index is 1.46. The van der Waals surface area contributed by atoms with Crippen LogP contribution in [0.5, 0.6) is 5.75 Å². The lowest BCUT2D eigenvalue weighted by molar-refractivity contribution is -0.113. The second-order valence-corrected chi connectivity index (χ2v) is 8.28. The molecule has 6 nitrogen and oxygen atoms in total. The van der Waals surface area contributed by atoms with Crippen molar-refractivity contribution < 1.29 is 18.3 Å². The van der Waals surface area contributed by atoms with E-state index in [9.17, 15) is 9.18 Å². The summed E-state index contributed by atoms with van der Waals surface area (Å²) in [4.78, 5) is 12.0. The lowest BCUT2D eigenvalue weighted by Gasteiger charge is -2.07. The van der Waals surface area contributed by atoms with Gasteiger partial charge in [-0.1, -0.05) is 53.7 Å². The van der Waals surface area contributed by atoms with Crippen molar-refractivity contribution in [1.29, 1.82) is 0 Å². The highest BCUT2D eigenvalue weighted by Gasteiger charge is 2.12. The van der Waals surface area contributed by atoms with Crippen LogP contribution in [0.1, 0.15) is 31.2 Å². The maximum absolute atomic E-state index is 13.8. The summed E-state index contributed by atoms with van der Waals surface area (Å²) in [5.74, 6) is 0.581. The van der Waals surface area contributed by atoms with E-state index >= 15 is 0 Å². The van der Waals surface area contributed by atoms with E-state index in [0.717, 1.165) is 11.8 Å². The summed E-state index contributed by atoms with van der Waals surface area (Å²) in [5, 5.41) is 10.5. The van der Waals surface area contributed by atoms with Crippen LogP contribution in [0, 0.1) is 5.82 Å².